The van der Waals surface area contributed by atoms with Gasteiger partial charge in [-0.15, -0.1) is 11.3 Å². The van der Waals surface area contributed by atoms with Crippen molar-refractivity contribution >= 4 is 23.1 Å². The number of hydrogen-bond donors (Lipinski definition) is 2. The number of aromatic nitrogens is 1. The van der Waals surface area contributed by atoms with Crippen LogP contribution in [0.5, 0.6) is 0 Å². The van der Waals surface area contributed by atoms with Crippen molar-refractivity contribution in [2.75, 3.05) is 25.4 Å². The molecule has 2 fully saturated rings. The van der Waals surface area contributed by atoms with E-state index in [4.69, 9.17) is 10.5 Å². The Morgan fingerprint density at radius 2 is 2.00 bits per heavy atom. The third-order valence-electron chi connectivity index (χ3n) is 6.96. The van der Waals surface area contributed by atoms with Gasteiger partial charge >= 0.3 is 0 Å². The molecule has 0 bridgehead atoms. The lowest BCUT2D eigenvalue weighted by Crippen LogP contribution is -2.49. The number of carbonyl (C=O) groups is 1. The first-order valence-electron chi connectivity index (χ1n) is 11.0. The molecule has 1 aliphatic carbocycles. The summed E-state index contributed by atoms with van der Waals surface area (Å²) in [4.78, 5) is 22.0. The van der Waals surface area contributed by atoms with Gasteiger partial charge in [-0.3, -0.25) is 4.79 Å². The number of carbonyl (C=O) groups excluding carboxylic acids is 1. The number of ether oxygens (including phenoxy) is 1. The number of likely N-dealkylation sites (tertiary alicyclic amines) is 1. The molecule has 1 saturated carbocycles. The molecule has 1 spiro atoms. The quantitative estimate of drug-likeness (QED) is 0.767. The van der Waals surface area contributed by atoms with Gasteiger partial charge in [0.05, 0.1) is 28.9 Å². The summed E-state index contributed by atoms with van der Waals surface area (Å²) in [6.07, 6.45) is 5.48. The molecule has 2 aliphatic heterocycles. The lowest BCUT2D eigenvalue weighted by molar-refractivity contribution is -0.146. The summed E-state index contributed by atoms with van der Waals surface area (Å²) in [5.74, 6) is 0.877. The van der Waals surface area contributed by atoms with E-state index in [9.17, 15) is 9.90 Å². The van der Waals surface area contributed by atoms with Gasteiger partial charge in [0.15, 0.2) is 0 Å². The predicted octanol–water partition coefficient (Wildman–Crippen LogP) is 3.33. The molecule has 3 N–H and O–H groups in total. The molecule has 30 heavy (non-hydrogen) atoms. The number of aliphatic hydroxyl groups excluding tert-OH is 1. The first-order valence-corrected chi connectivity index (χ1v) is 11.8. The zero-order chi connectivity index (χ0) is 20.7. The van der Waals surface area contributed by atoms with Gasteiger partial charge in [-0.05, 0) is 62.3 Å². The van der Waals surface area contributed by atoms with Crippen molar-refractivity contribution in [3.05, 3.63) is 34.7 Å². The predicted molar refractivity (Wildman–Crippen MR) is 117 cm³/mol. The molecule has 160 valence electrons. The Morgan fingerprint density at radius 1 is 1.23 bits per heavy atom. The number of aliphatic hydroxyl groups is 1. The summed E-state index contributed by atoms with van der Waals surface area (Å²) < 4.78 is 6.38. The fourth-order valence-electron chi connectivity index (χ4n) is 5.21. The average Bonchev–Trinajstić information content (AvgIpc) is 3.21. The van der Waals surface area contributed by atoms with Crippen LogP contribution >= 0.6 is 11.3 Å². The van der Waals surface area contributed by atoms with E-state index in [2.05, 4.69) is 11.1 Å². The highest BCUT2D eigenvalue weighted by Crippen LogP contribution is 2.46. The van der Waals surface area contributed by atoms with E-state index in [1.165, 1.54) is 10.4 Å². The monoisotopic (exact) mass is 427 g/mol. The van der Waals surface area contributed by atoms with Crippen LogP contribution in [0, 0.1) is 5.92 Å². The van der Waals surface area contributed by atoms with Crippen LogP contribution in [0.4, 0.5) is 5.82 Å². The number of amides is 1. The molecule has 6 nitrogen and oxygen atoms in total. The lowest BCUT2D eigenvalue weighted by atomic mass is 9.81. The van der Waals surface area contributed by atoms with E-state index in [1.54, 1.807) is 17.4 Å². The minimum atomic E-state index is -0.289. The fraction of sp³-hybridized carbons (Fsp3) is 0.565. The number of nitrogens with zero attached hydrogens (tertiary/aromatic N) is 2. The SMILES string of the molecule is Nc1cccc(-c2cc3c(s2)CCOC32CCN(C(=O)C3CCC(O)CC3)CC2)n1. The fourth-order valence-corrected chi connectivity index (χ4v) is 6.42. The maximum atomic E-state index is 13.0. The zero-order valence-corrected chi connectivity index (χ0v) is 18.0. The third kappa shape index (κ3) is 3.63. The molecule has 2 aromatic heterocycles. The molecule has 2 aromatic rings. The molecule has 3 aliphatic rings. The molecule has 1 amide bonds. The molecule has 0 atom stereocenters. The summed E-state index contributed by atoms with van der Waals surface area (Å²) in [6.45, 7) is 2.20. The van der Waals surface area contributed by atoms with Gasteiger partial charge in [0, 0.05) is 30.3 Å². The largest absolute Gasteiger partial charge is 0.393 e. The van der Waals surface area contributed by atoms with Crippen LogP contribution in [0.2, 0.25) is 0 Å². The first-order chi connectivity index (χ1) is 14.5. The Kier molecular flexibility index (Phi) is 5.29. The average molecular weight is 428 g/mol. The Balaban J connectivity index is 1.32. The summed E-state index contributed by atoms with van der Waals surface area (Å²) in [5, 5.41) is 9.73. The minimum Gasteiger partial charge on any atom is -0.393 e. The number of thiophene rings is 1. The topological polar surface area (TPSA) is 88.7 Å². The van der Waals surface area contributed by atoms with E-state index in [0.29, 0.717) is 5.82 Å². The van der Waals surface area contributed by atoms with Gasteiger partial charge in [0.1, 0.15) is 5.82 Å². The van der Waals surface area contributed by atoms with Gasteiger partial charge in [-0.1, -0.05) is 6.07 Å². The lowest BCUT2D eigenvalue weighted by Gasteiger charge is -2.45. The van der Waals surface area contributed by atoms with Gasteiger partial charge in [0.2, 0.25) is 5.91 Å². The van der Waals surface area contributed by atoms with Crippen molar-refractivity contribution < 1.29 is 14.6 Å². The van der Waals surface area contributed by atoms with Gasteiger partial charge in [-0.2, -0.15) is 0 Å². The summed E-state index contributed by atoms with van der Waals surface area (Å²) in [5.41, 5.74) is 7.79. The number of anilines is 1. The number of nitrogens with two attached hydrogens (primary N) is 1. The Hall–Kier alpha value is -1.96. The third-order valence-corrected chi connectivity index (χ3v) is 8.18. The summed E-state index contributed by atoms with van der Waals surface area (Å²) in [7, 11) is 0. The zero-order valence-electron chi connectivity index (χ0n) is 17.2. The van der Waals surface area contributed by atoms with Crippen LogP contribution in [-0.2, 0) is 21.6 Å². The highest BCUT2D eigenvalue weighted by atomic mass is 32.1. The van der Waals surface area contributed by atoms with E-state index in [1.807, 2.05) is 17.0 Å². The molecule has 0 unspecified atom stereocenters. The van der Waals surface area contributed by atoms with Crippen LogP contribution in [0.15, 0.2) is 24.3 Å². The van der Waals surface area contributed by atoms with Gasteiger partial charge in [0.25, 0.3) is 0 Å². The van der Waals surface area contributed by atoms with Crippen molar-refractivity contribution in [2.45, 2.75) is 56.7 Å². The molecule has 5 rings (SSSR count). The number of nitrogen functional groups attached to an aromatic ring is 1. The number of piperidine rings is 1. The van der Waals surface area contributed by atoms with Crippen molar-refractivity contribution in [2.24, 2.45) is 5.92 Å². The Labute approximate surface area is 181 Å². The number of rotatable bonds is 2. The standard InChI is InChI=1S/C23H29N3O3S/c24-21-3-1-2-18(25-21)20-14-17-19(30-20)8-13-29-23(17)9-11-26(12-10-23)22(28)15-4-6-16(27)7-5-15/h1-3,14-16,27H,4-13H2,(H2,24,25). The maximum absolute atomic E-state index is 13.0. The van der Waals surface area contributed by atoms with Crippen molar-refractivity contribution in [3.63, 3.8) is 0 Å². The Morgan fingerprint density at radius 3 is 2.73 bits per heavy atom. The highest BCUT2D eigenvalue weighted by molar-refractivity contribution is 7.15. The number of pyridine rings is 1. The van der Waals surface area contributed by atoms with E-state index < -0.39 is 0 Å². The van der Waals surface area contributed by atoms with Crippen LogP contribution in [0.3, 0.4) is 0 Å². The molecule has 7 heteroatoms. The van der Waals surface area contributed by atoms with E-state index in [0.717, 1.165) is 75.2 Å². The second-order valence-corrected chi connectivity index (χ2v) is 9.96. The minimum absolute atomic E-state index is 0.0765. The van der Waals surface area contributed by atoms with Crippen molar-refractivity contribution in [1.29, 1.82) is 0 Å². The molecule has 4 heterocycles. The maximum Gasteiger partial charge on any atom is 0.225 e. The smallest absolute Gasteiger partial charge is 0.225 e. The van der Waals surface area contributed by atoms with Gasteiger partial charge in [-0.25, -0.2) is 4.98 Å². The molecule has 0 radical (unpaired) electrons. The normalized spacial score (nSPS) is 25.8. The number of fused-ring (bicyclic) bond motifs is 2. The number of hydrogen-bond acceptors (Lipinski definition) is 6. The van der Waals surface area contributed by atoms with Crippen LogP contribution in [-0.4, -0.2) is 46.7 Å². The van der Waals surface area contributed by atoms with E-state index >= 15 is 0 Å². The highest BCUT2D eigenvalue weighted by Gasteiger charge is 2.43. The molecular formula is C23H29N3O3S. The second kappa shape index (κ2) is 7.94. The van der Waals surface area contributed by atoms with Gasteiger partial charge < -0.3 is 20.5 Å². The Bertz CT molecular complexity index is 928. The molecule has 1 saturated heterocycles. The van der Waals surface area contributed by atoms with Crippen LogP contribution in [0.1, 0.15) is 49.0 Å². The van der Waals surface area contributed by atoms with Crippen molar-refractivity contribution in [1.82, 2.24) is 9.88 Å². The summed E-state index contributed by atoms with van der Waals surface area (Å²) in [6, 6.07) is 7.99. The van der Waals surface area contributed by atoms with Crippen LogP contribution in [0.25, 0.3) is 10.6 Å². The molecule has 0 aromatic carbocycles. The van der Waals surface area contributed by atoms with E-state index in [-0.39, 0.29) is 23.5 Å². The van der Waals surface area contributed by atoms with Crippen molar-refractivity contribution in [3.8, 4) is 10.6 Å². The second-order valence-electron chi connectivity index (χ2n) is 8.82. The van der Waals surface area contributed by atoms with Crippen LogP contribution < -0.4 is 5.73 Å². The molecular weight excluding hydrogens is 398 g/mol. The summed E-state index contributed by atoms with van der Waals surface area (Å²) >= 11 is 1.79. The first kappa shape index (κ1) is 20.0.